The maximum absolute atomic E-state index is 11.8. The van der Waals surface area contributed by atoms with E-state index in [2.05, 4.69) is 10.3 Å². The molecule has 0 aliphatic rings. The summed E-state index contributed by atoms with van der Waals surface area (Å²) in [4.78, 5) is 15.5. The van der Waals surface area contributed by atoms with Crippen LogP contribution in [0.4, 0.5) is 11.4 Å². The Bertz CT molecular complexity index is 602. The second kappa shape index (κ2) is 6.38. The first-order valence-corrected chi connectivity index (χ1v) is 6.16. The van der Waals surface area contributed by atoms with E-state index in [0.29, 0.717) is 5.56 Å². The second-order valence-corrected chi connectivity index (χ2v) is 4.23. The Labute approximate surface area is 117 Å². The number of Topliss-reactive ketones (excluding diaryl/α,β-unsaturated/α-hetero) is 1. The lowest BCUT2D eigenvalue weighted by Crippen LogP contribution is -2.24. The van der Waals surface area contributed by atoms with Gasteiger partial charge in [0.1, 0.15) is 6.54 Å². The third-order valence-corrected chi connectivity index (χ3v) is 2.67. The fraction of sp³-hybridized carbons (Fsp3) is 0.0667. The van der Waals surface area contributed by atoms with Gasteiger partial charge >= 0.3 is 0 Å². The van der Waals surface area contributed by atoms with Crippen molar-refractivity contribution >= 4 is 23.1 Å². The Hall–Kier alpha value is -2.82. The molecule has 20 heavy (non-hydrogen) atoms. The quantitative estimate of drug-likeness (QED) is 0.438. The van der Waals surface area contributed by atoms with E-state index in [1.54, 1.807) is 12.1 Å². The lowest BCUT2D eigenvalue weighted by atomic mass is 10.1. The minimum absolute atomic E-state index is 0.0339. The van der Waals surface area contributed by atoms with E-state index < -0.39 is 0 Å². The van der Waals surface area contributed by atoms with Crippen molar-refractivity contribution in [2.75, 3.05) is 11.9 Å². The van der Waals surface area contributed by atoms with Crippen LogP contribution >= 0.6 is 0 Å². The average molecular weight is 268 g/mol. The molecule has 0 fully saturated rings. The molecular formula is C15H16N4O. The van der Waals surface area contributed by atoms with E-state index >= 15 is 0 Å². The van der Waals surface area contributed by atoms with Crippen molar-refractivity contribution in [3.63, 3.8) is 0 Å². The zero-order valence-electron chi connectivity index (χ0n) is 10.9. The minimum Gasteiger partial charge on any atom is -0.370 e. The van der Waals surface area contributed by atoms with Gasteiger partial charge in [0, 0.05) is 16.9 Å². The number of ketones is 1. The molecule has 5 nitrogen and oxygen atoms in total. The Kier molecular flexibility index (Phi) is 4.34. The predicted octanol–water partition coefficient (Wildman–Crippen LogP) is 1.89. The fourth-order valence-electron chi connectivity index (χ4n) is 1.68. The average Bonchev–Trinajstić information content (AvgIpc) is 2.46. The first-order valence-electron chi connectivity index (χ1n) is 6.16. The zero-order chi connectivity index (χ0) is 14.4. The molecule has 2 aromatic rings. The third kappa shape index (κ3) is 3.84. The van der Waals surface area contributed by atoms with E-state index in [4.69, 9.17) is 11.5 Å². The number of benzene rings is 2. The highest BCUT2D eigenvalue weighted by molar-refractivity contribution is 5.99. The molecule has 0 amide bonds. The number of nitrogens with two attached hydrogens (primary N) is 2. The number of hydrogen-bond acceptors (Lipinski definition) is 3. The van der Waals surface area contributed by atoms with Crippen LogP contribution in [0.25, 0.3) is 0 Å². The first kappa shape index (κ1) is 13.6. The van der Waals surface area contributed by atoms with Crippen LogP contribution in [0.15, 0.2) is 59.6 Å². The highest BCUT2D eigenvalue weighted by Gasteiger charge is 2.04. The summed E-state index contributed by atoms with van der Waals surface area (Å²) in [6, 6.07) is 17.0. The van der Waals surface area contributed by atoms with Crippen molar-refractivity contribution in [2.45, 2.75) is 0 Å². The molecule has 0 spiro atoms. The standard InChI is InChI=1S/C15H16N4O/c16-15(17)18-10-14(20)11-6-8-13(9-7-11)19-12-4-2-1-3-5-12/h1-9,19H,10H2,(H4,16,17,18). The van der Waals surface area contributed by atoms with Gasteiger partial charge in [-0.2, -0.15) is 0 Å². The van der Waals surface area contributed by atoms with Crippen LogP contribution in [0.3, 0.4) is 0 Å². The molecule has 102 valence electrons. The van der Waals surface area contributed by atoms with Gasteiger partial charge < -0.3 is 16.8 Å². The third-order valence-electron chi connectivity index (χ3n) is 2.67. The number of carbonyl (C=O) groups is 1. The number of nitrogens with zero attached hydrogens (tertiary/aromatic N) is 1. The second-order valence-electron chi connectivity index (χ2n) is 4.23. The maximum Gasteiger partial charge on any atom is 0.186 e. The van der Waals surface area contributed by atoms with E-state index in [1.807, 2.05) is 42.5 Å². The number of aliphatic imine (C=N–C) groups is 1. The molecule has 0 saturated carbocycles. The normalized spacial score (nSPS) is 9.80. The summed E-state index contributed by atoms with van der Waals surface area (Å²) in [6.45, 7) is -0.0339. The Morgan fingerprint density at radius 3 is 2.15 bits per heavy atom. The van der Waals surface area contributed by atoms with Gasteiger partial charge in [-0.25, -0.2) is 4.99 Å². The molecule has 5 N–H and O–H groups in total. The first-order chi connectivity index (χ1) is 9.65. The van der Waals surface area contributed by atoms with Gasteiger partial charge in [-0.1, -0.05) is 18.2 Å². The molecule has 0 saturated heterocycles. The molecule has 0 atom stereocenters. The Morgan fingerprint density at radius 1 is 0.950 bits per heavy atom. The van der Waals surface area contributed by atoms with Gasteiger partial charge in [-0.3, -0.25) is 4.79 Å². The van der Waals surface area contributed by atoms with E-state index in [1.165, 1.54) is 0 Å². The maximum atomic E-state index is 11.8. The van der Waals surface area contributed by atoms with Crippen molar-refractivity contribution in [2.24, 2.45) is 16.5 Å². The van der Waals surface area contributed by atoms with Crippen LogP contribution in [0, 0.1) is 0 Å². The number of hydrogen-bond donors (Lipinski definition) is 3. The molecule has 0 aromatic heterocycles. The van der Waals surface area contributed by atoms with Crippen molar-refractivity contribution in [1.82, 2.24) is 0 Å². The van der Waals surface area contributed by atoms with Gasteiger partial charge in [0.05, 0.1) is 0 Å². The fourth-order valence-corrected chi connectivity index (χ4v) is 1.68. The Morgan fingerprint density at radius 2 is 1.55 bits per heavy atom. The van der Waals surface area contributed by atoms with Crippen LogP contribution in [-0.2, 0) is 0 Å². The molecule has 2 rings (SSSR count). The highest BCUT2D eigenvalue weighted by atomic mass is 16.1. The summed E-state index contributed by atoms with van der Waals surface area (Å²) in [5.41, 5.74) is 12.9. The molecule has 0 aliphatic heterocycles. The summed E-state index contributed by atoms with van der Waals surface area (Å²) < 4.78 is 0. The van der Waals surface area contributed by atoms with Crippen LogP contribution in [0.5, 0.6) is 0 Å². The van der Waals surface area contributed by atoms with Gasteiger partial charge in [-0.05, 0) is 36.4 Å². The van der Waals surface area contributed by atoms with Crippen LogP contribution in [-0.4, -0.2) is 18.3 Å². The van der Waals surface area contributed by atoms with Gasteiger partial charge in [0.15, 0.2) is 11.7 Å². The van der Waals surface area contributed by atoms with Gasteiger partial charge in [0.25, 0.3) is 0 Å². The number of carbonyl (C=O) groups excluding carboxylic acids is 1. The Balaban J connectivity index is 2.03. The molecule has 0 aliphatic carbocycles. The number of guanidine groups is 1. The van der Waals surface area contributed by atoms with E-state index in [-0.39, 0.29) is 18.3 Å². The molecule has 0 unspecified atom stereocenters. The number of para-hydroxylation sites is 1. The van der Waals surface area contributed by atoms with Crippen LogP contribution < -0.4 is 16.8 Å². The number of nitrogens with one attached hydrogen (secondary N) is 1. The summed E-state index contributed by atoms with van der Waals surface area (Å²) >= 11 is 0. The van der Waals surface area contributed by atoms with Crippen molar-refractivity contribution in [3.05, 3.63) is 60.2 Å². The lowest BCUT2D eigenvalue weighted by molar-refractivity contribution is 0.100. The highest BCUT2D eigenvalue weighted by Crippen LogP contribution is 2.16. The van der Waals surface area contributed by atoms with Crippen molar-refractivity contribution in [1.29, 1.82) is 0 Å². The summed E-state index contributed by atoms with van der Waals surface area (Å²) in [5.74, 6) is -0.203. The van der Waals surface area contributed by atoms with Crippen LogP contribution in [0.1, 0.15) is 10.4 Å². The minimum atomic E-state index is -0.121. The number of anilines is 2. The predicted molar refractivity (Wildman–Crippen MR) is 81.2 cm³/mol. The molecule has 0 radical (unpaired) electrons. The molecule has 0 bridgehead atoms. The van der Waals surface area contributed by atoms with Gasteiger partial charge in [-0.15, -0.1) is 0 Å². The summed E-state index contributed by atoms with van der Waals surface area (Å²) in [7, 11) is 0. The molecule has 2 aromatic carbocycles. The molecular weight excluding hydrogens is 252 g/mol. The van der Waals surface area contributed by atoms with Crippen molar-refractivity contribution in [3.8, 4) is 0 Å². The van der Waals surface area contributed by atoms with Crippen LogP contribution in [0.2, 0.25) is 0 Å². The van der Waals surface area contributed by atoms with Gasteiger partial charge in [0.2, 0.25) is 0 Å². The van der Waals surface area contributed by atoms with E-state index in [9.17, 15) is 4.79 Å². The SMILES string of the molecule is NC(N)=NCC(=O)c1ccc(Nc2ccccc2)cc1. The summed E-state index contributed by atoms with van der Waals surface area (Å²) in [5, 5.41) is 3.24. The summed E-state index contributed by atoms with van der Waals surface area (Å²) in [6.07, 6.45) is 0. The topological polar surface area (TPSA) is 93.5 Å². The van der Waals surface area contributed by atoms with Crippen molar-refractivity contribution < 1.29 is 4.79 Å². The zero-order valence-corrected chi connectivity index (χ0v) is 10.9. The smallest absolute Gasteiger partial charge is 0.186 e. The van der Waals surface area contributed by atoms with E-state index in [0.717, 1.165) is 11.4 Å². The molecule has 5 heteroatoms. The largest absolute Gasteiger partial charge is 0.370 e. The monoisotopic (exact) mass is 268 g/mol. The lowest BCUT2D eigenvalue weighted by Gasteiger charge is -2.06. The number of rotatable bonds is 5. The molecule has 0 heterocycles.